The third kappa shape index (κ3) is 3.24. The minimum absolute atomic E-state index is 0.118. The van der Waals surface area contributed by atoms with Gasteiger partial charge in [-0.3, -0.25) is 10.3 Å². The monoisotopic (exact) mass is 274 g/mol. The van der Waals surface area contributed by atoms with E-state index in [1.807, 2.05) is 32.0 Å². The highest BCUT2D eigenvalue weighted by molar-refractivity contribution is 5.77. The molecule has 5 heteroatoms. The van der Waals surface area contributed by atoms with Crippen LogP contribution in [0.15, 0.2) is 41.1 Å². The molecule has 0 saturated carbocycles. The van der Waals surface area contributed by atoms with Crippen LogP contribution in [0.5, 0.6) is 0 Å². The van der Waals surface area contributed by atoms with Crippen LogP contribution >= 0.6 is 0 Å². The summed E-state index contributed by atoms with van der Waals surface area (Å²) in [6.45, 7) is 3.82. The number of carbonyl (C=O) groups is 1. The zero-order valence-corrected chi connectivity index (χ0v) is 11.8. The van der Waals surface area contributed by atoms with E-state index in [1.54, 1.807) is 18.5 Å². The molecule has 2 aromatic heterocycles. The maximum atomic E-state index is 11.9. The summed E-state index contributed by atoms with van der Waals surface area (Å²) in [5.41, 5.74) is 0.759. The van der Waals surface area contributed by atoms with Crippen molar-refractivity contribution in [2.24, 2.45) is 0 Å². The van der Waals surface area contributed by atoms with Gasteiger partial charge in [-0.15, -0.1) is 0 Å². The second kappa shape index (κ2) is 6.34. The van der Waals surface area contributed by atoms with Gasteiger partial charge in [-0.1, -0.05) is 6.07 Å². The highest BCUT2D eigenvalue weighted by Crippen LogP contribution is 2.21. The van der Waals surface area contributed by atoms with Crippen molar-refractivity contribution in [1.82, 2.24) is 10.3 Å². The molecule has 1 N–H and O–H groups in total. The first-order valence-electron chi connectivity index (χ1n) is 6.42. The molecule has 0 saturated heterocycles. The van der Waals surface area contributed by atoms with E-state index in [2.05, 4.69) is 10.3 Å². The standard InChI is InChI=1S/C15H18N2O3/c1-10-6-7-13(20-10)11(2)17-14(15(18)19-3)12-5-4-8-16-9-12/h4-9,11,14,17H,1-3H3/t11-,14-/m1/s1. The van der Waals surface area contributed by atoms with Gasteiger partial charge in [-0.25, -0.2) is 4.79 Å². The fourth-order valence-electron chi connectivity index (χ4n) is 1.98. The van der Waals surface area contributed by atoms with Crippen LogP contribution in [0.1, 0.15) is 36.1 Å². The second-order valence-electron chi connectivity index (χ2n) is 4.58. The molecule has 5 nitrogen and oxygen atoms in total. The summed E-state index contributed by atoms with van der Waals surface area (Å²) < 4.78 is 10.4. The molecular weight excluding hydrogens is 256 g/mol. The SMILES string of the molecule is COC(=O)[C@H](N[C@H](C)c1ccc(C)o1)c1cccnc1. The lowest BCUT2D eigenvalue weighted by atomic mass is 10.1. The van der Waals surface area contributed by atoms with Gasteiger partial charge in [0.25, 0.3) is 0 Å². The maximum absolute atomic E-state index is 11.9. The molecule has 0 radical (unpaired) electrons. The number of methoxy groups -OCH3 is 1. The van der Waals surface area contributed by atoms with Gasteiger partial charge in [-0.05, 0) is 37.6 Å². The Morgan fingerprint density at radius 2 is 2.20 bits per heavy atom. The fraction of sp³-hybridized carbons (Fsp3) is 0.333. The maximum Gasteiger partial charge on any atom is 0.327 e. The number of rotatable bonds is 5. The van der Waals surface area contributed by atoms with E-state index in [4.69, 9.17) is 9.15 Å². The number of aromatic nitrogens is 1. The molecule has 0 bridgehead atoms. The number of pyridine rings is 1. The Bertz CT molecular complexity index is 566. The molecular formula is C15H18N2O3. The number of nitrogens with one attached hydrogen (secondary N) is 1. The molecule has 0 amide bonds. The van der Waals surface area contributed by atoms with Crippen molar-refractivity contribution in [1.29, 1.82) is 0 Å². The number of nitrogens with zero attached hydrogens (tertiary/aromatic N) is 1. The van der Waals surface area contributed by atoms with Crippen LogP contribution in [0.25, 0.3) is 0 Å². The first-order chi connectivity index (χ1) is 9.61. The van der Waals surface area contributed by atoms with Gasteiger partial charge in [0.1, 0.15) is 17.6 Å². The minimum atomic E-state index is -0.575. The first kappa shape index (κ1) is 14.3. The molecule has 0 aromatic carbocycles. The van der Waals surface area contributed by atoms with Gasteiger partial charge in [0.15, 0.2) is 0 Å². The van der Waals surface area contributed by atoms with Crippen molar-refractivity contribution in [3.05, 3.63) is 53.7 Å². The molecule has 2 heterocycles. The summed E-state index contributed by atoms with van der Waals surface area (Å²) in [6.07, 6.45) is 3.31. The van der Waals surface area contributed by atoms with Gasteiger partial charge in [-0.2, -0.15) is 0 Å². The van der Waals surface area contributed by atoms with Crippen molar-refractivity contribution in [2.75, 3.05) is 7.11 Å². The van der Waals surface area contributed by atoms with Crippen LogP contribution < -0.4 is 5.32 Å². The predicted molar refractivity (Wildman–Crippen MR) is 74.0 cm³/mol. The Morgan fingerprint density at radius 3 is 2.75 bits per heavy atom. The number of aryl methyl sites for hydroxylation is 1. The van der Waals surface area contributed by atoms with E-state index in [0.29, 0.717) is 0 Å². The average Bonchev–Trinajstić information content (AvgIpc) is 2.91. The third-order valence-electron chi connectivity index (χ3n) is 3.06. The van der Waals surface area contributed by atoms with Gasteiger partial charge >= 0.3 is 5.97 Å². The number of carbonyl (C=O) groups excluding carboxylic acids is 1. The Balaban J connectivity index is 2.18. The van der Waals surface area contributed by atoms with Crippen LogP contribution in [0.4, 0.5) is 0 Å². The lowest BCUT2D eigenvalue weighted by Crippen LogP contribution is -2.31. The third-order valence-corrected chi connectivity index (χ3v) is 3.06. The van der Waals surface area contributed by atoms with Gasteiger partial charge in [0.2, 0.25) is 0 Å². The molecule has 2 atom stereocenters. The van der Waals surface area contributed by atoms with E-state index in [1.165, 1.54) is 7.11 Å². The molecule has 0 unspecified atom stereocenters. The second-order valence-corrected chi connectivity index (χ2v) is 4.58. The predicted octanol–water partition coefficient (Wildman–Crippen LogP) is 2.55. The van der Waals surface area contributed by atoms with E-state index in [-0.39, 0.29) is 12.0 Å². The molecule has 2 aromatic rings. The van der Waals surface area contributed by atoms with Crippen LogP contribution in [0.3, 0.4) is 0 Å². The topological polar surface area (TPSA) is 64.4 Å². The molecule has 2 rings (SSSR count). The number of hydrogen-bond donors (Lipinski definition) is 1. The number of ether oxygens (including phenoxy) is 1. The molecule has 0 aliphatic rings. The van der Waals surface area contributed by atoms with E-state index in [9.17, 15) is 4.79 Å². The van der Waals surface area contributed by atoms with Gasteiger partial charge < -0.3 is 9.15 Å². The molecule has 0 aliphatic heterocycles. The minimum Gasteiger partial charge on any atom is -0.468 e. The van der Waals surface area contributed by atoms with Crippen molar-refractivity contribution < 1.29 is 13.9 Å². The summed E-state index contributed by atoms with van der Waals surface area (Å²) >= 11 is 0. The molecule has 0 fully saturated rings. The Morgan fingerprint density at radius 1 is 1.40 bits per heavy atom. The zero-order chi connectivity index (χ0) is 14.5. The summed E-state index contributed by atoms with van der Waals surface area (Å²) in [7, 11) is 1.37. The molecule has 0 aliphatic carbocycles. The Labute approximate surface area is 118 Å². The first-order valence-corrected chi connectivity index (χ1v) is 6.42. The van der Waals surface area contributed by atoms with Crippen LogP contribution in [0.2, 0.25) is 0 Å². The highest BCUT2D eigenvalue weighted by Gasteiger charge is 2.24. The van der Waals surface area contributed by atoms with Crippen LogP contribution in [-0.4, -0.2) is 18.1 Å². The zero-order valence-electron chi connectivity index (χ0n) is 11.8. The normalized spacial score (nSPS) is 13.8. The Hall–Kier alpha value is -2.14. The summed E-state index contributed by atoms with van der Waals surface area (Å²) in [4.78, 5) is 16.0. The number of hydrogen-bond acceptors (Lipinski definition) is 5. The largest absolute Gasteiger partial charge is 0.468 e. The highest BCUT2D eigenvalue weighted by atomic mass is 16.5. The van der Waals surface area contributed by atoms with Crippen molar-refractivity contribution in [3.8, 4) is 0 Å². The van der Waals surface area contributed by atoms with E-state index < -0.39 is 6.04 Å². The smallest absolute Gasteiger partial charge is 0.327 e. The lowest BCUT2D eigenvalue weighted by molar-refractivity contribution is -0.143. The van der Waals surface area contributed by atoms with Crippen molar-refractivity contribution in [3.63, 3.8) is 0 Å². The fourth-order valence-corrected chi connectivity index (χ4v) is 1.98. The van der Waals surface area contributed by atoms with Crippen molar-refractivity contribution in [2.45, 2.75) is 25.9 Å². The van der Waals surface area contributed by atoms with E-state index in [0.717, 1.165) is 17.1 Å². The van der Waals surface area contributed by atoms with Gasteiger partial charge in [0.05, 0.1) is 13.2 Å². The van der Waals surface area contributed by atoms with Crippen LogP contribution in [0, 0.1) is 6.92 Å². The molecule has 20 heavy (non-hydrogen) atoms. The number of furan rings is 1. The summed E-state index contributed by atoms with van der Waals surface area (Å²) in [5, 5.41) is 3.21. The summed E-state index contributed by atoms with van der Waals surface area (Å²) in [5.74, 6) is 1.26. The van der Waals surface area contributed by atoms with Gasteiger partial charge in [0, 0.05) is 12.4 Å². The van der Waals surface area contributed by atoms with Crippen molar-refractivity contribution >= 4 is 5.97 Å². The lowest BCUT2D eigenvalue weighted by Gasteiger charge is -2.20. The summed E-state index contributed by atoms with van der Waals surface area (Å²) in [6, 6.07) is 6.72. The molecule has 0 spiro atoms. The van der Waals surface area contributed by atoms with Crippen LogP contribution in [-0.2, 0) is 9.53 Å². The number of esters is 1. The average molecular weight is 274 g/mol. The molecule has 106 valence electrons. The quantitative estimate of drug-likeness (QED) is 0.849. The Kier molecular flexibility index (Phi) is 4.53. The van der Waals surface area contributed by atoms with E-state index >= 15 is 0 Å².